The van der Waals surface area contributed by atoms with Gasteiger partial charge in [-0.15, -0.1) is 0 Å². The molecule has 0 fully saturated rings. The molecule has 0 saturated heterocycles. The normalized spacial score (nSPS) is 11.7. The molecular formula is C15H22N2O3S. The van der Waals surface area contributed by atoms with Crippen molar-refractivity contribution in [1.29, 1.82) is 0 Å². The molecule has 1 aromatic rings. The van der Waals surface area contributed by atoms with Crippen molar-refractivity contribution < 1.29 is 14.7 Å². The quantitative estimate of drug-likeness (QED) is 0.688. The summed E-state index contributed by atoms with van der Waals surface area (Å²) < 4.78 is 0. The molecule has 2 amide bonds. The molecule has 5 nitrogen and oxygen atoms in total. The lowest BCUT2D eigenvalue weighted by Crippen LogP contribution is -2.41. The maximum atomic E-state index is 11.8. The second-order valence-corrected chi connectivity index (χ2v) is 6.05. The monoisotopic (exact) mass is 310 g/mol. The van der Waals surface area contributed by atoms with E-state index in [2.05, 4.69) is 17.6 Å². The number of benzene rings is 1. The van der Waals surface area contributed by atoms with Crippen LogP contribution in [0.2, 0.25) is 0 Å². The van der Waals surface area contributed by atoms with Gasteiger partial charge in [-0.25, -0.2) is 4.79 Å². The van der Waals surface area contributed by atoms with E-state index in [-0.39, 0.29) is 18.5 Å². The third-order valence-corrected chi connectivity index (χ3v) is 3.99. The van der Waals surface area contributed by atoms with Gasteiger partial charge < -0.3 is 15.7 Å². The number of urea groups is 1. The summed E-state index contributed by atoms with van der Waals surface area (Å²) >= 11 is 1.77. The molecule has 1 aromatic carbocycles. The van der Waals surface area contributed by atoms with E-state index in [4.69, 9.17) is 5.11 Å². The van der Waals surface area contributed by atoms with Crippen molar-refractivity contribution in [3.05, 3.63) is 35.4 Å². The third kappa shape index (κ3) is 7.04. The minimum absolute atomic E-state index is 0.0387. The van der Waals surface area contributed by atoms with Crippen molar-refractivity contribution in [1.82, 2.24) is 10.6 Å². The highest BCUT2D eigenvalue weighted by Crippen LogP contribution is 2.09. The molecule has 6 heteroatoms. The molecule has 1 atom stereocenters. The average molecular weight is 310 g/mol. The standard InChI is InChI=1S/C15H22N2O3S/c1-3-21-10-11(2)17-15(20)16-9-13-7-5-4-6-12(13)8-14(18)19/h4-7,11H,3,8-10H2,1-2H3,(H,18,19)(H2,16,17,20). The van der Waals surface area contributed by atoms with E-state index < -0.39 is 5.97 Å². The van der Waals surface area contributed by atoms with Gasteiger partial charge in [0.15, 0.2) is 0 Å². The van der Waals surface area contributed by atoms with Crippen LogP contribution in [0.3, 0.4) is 0 Å². The number of hydrogen-bond acceptors (Lipinski definition) is 3. The van der Waals surface area contributed by atoms with Crippen LogP contribution in [-0.4, -0.2) is 34.7 Å². The smallest absolute Gasteiger partial charge is 0.315 e. The second kappa shape index (κ2) is 9.28. The van der Waals surface area contributed by atoms with Crippen molar-refractivity contribution in [3.8, 4) is 0 Å². The van der Waals surface area contributed by atoms with Gasteiger partial charge in [-0.05, 0) is 23.8 Å². The van der Waals surface area contributed by atoms with E-state index in [1.165, 1.54) is 0 Å². The Hall–Kier alpha value is -1.69. The maximum absolute atomic E-state index is 11.8. The molecule has 3 N–H and O–H groups in total. The molecule has 0 radical (unpaired) electrons. The van der Waals surface area contributed by atoms with Crippen LogP contribution in [0, 0.1) is 0 Å². The van der Waals surface area contributed by atoms with Gasteiger partial charge >= 0.3 is 12.0 Å². The van der Waals surface area contributed by atoms with Crippen LogP contribution >= 0.6 is 11.8 Å². The minimum atomic E-state index is -0.878. The second-order valence-electron chi connectivity index (χ2n) is 4.73. The first-order chi connectivity index (χ1) is 10.0. The van der Waals surface area contributed by atoms with Gasteiger partial charge in [-0.3, -0.25) is 4.79 Å². The van der Waals surface area contributed by atoms with Crippen molar-refractivity contribution in [2.24, 2.45) is 0 Å². The number of carbonyl (C=O) groups excluding carboxylic acids is 1. The molecule has 116 valence electrons. The molecule has 0 bridgehead atoms. The highest BCUT2D eigenvalue weighted by atomic mass is 32.2. The van der Waals surface area contributed by atoms with Crippen LogP contribution in [0.15, 0.2) is 24.3 Å². The Labute approximate surface area is 129 Å². The first-order valence-electron chi connectivity index (χ1n) is 6.93. The topological polar surface area (TPSA) is 78.4 Å². The zero-order valence-corrected chi connectivity index (χ0v) is 13.2. The summed E-state index contributed by atoms with van der Waals surface area (Å²) in [5.74, 6) is 1.02. The molecular weight excluding hydrogens is 288 g/mol. The van der Waals surface area contributed by atoms with Gasteiger partial charge in [0.1, 0.15) is 0 Å². The number of aliphatic carboxylic acids is 1. The van der Waals surface area contributed by atoms with Gasteiger partial charge in [-0.2, -0.15) is 11.8 Å². The molecule has 0 aliphatic heterocycles. The number of hydrogen-bond donors (Lipinski definition) is 3. The summed E-state index contributed by atoms with van der Waals surface area (Å²) in [6.45, 7) is 4.36. The molecule has 0 saturated carbocycles. The zero-order valence-electron chi connectivity index (χ0n) is 12.4. The third-order valence-electron chi connectivity index (χ3n) is 2.85. The van der Waals surface area contributed by atoms with Gasteiger partial charge in [0.2, 0.25) is 0 Å². The summed E-state index contributed by atoms with van der Waals surface area (Å²) in [5.41, 5.74) is 1.55. The van der Waals surface area contributed by atoms with E-state index in [0.29, 0.717) is 6.54 Å². The number of carboxylic acids is 1. The summed E-state index contributed by atoms with van der Waals surface area (Å²) in [6.07, 6.45) is -0.0387. The number of carbonyl (C=O) groups is 2. The Bertz CT molecular complexity index is 480. The fourth-order valence-electron chi connectivity index (χ4n) is 1.85. The van der Waals surface area contributed by atoms with Crippen molar-refractivity contribution in [2.45, 2.75) is 32.9 Å². The number of amides is 2. The van der Waals surface area contributed by atoms with E-state index in [9.17, 15) is 9.59 Å². The Morgan fingerprint density at radius 3 is 2.57 bits per heavy atom. The molecule has 0 heterocycles. The van der Waals surface area contributed by atoms with Gasteiger partial charge in [-0.1, -0.05) is 31.2 Å². The maximum Gasteiger partial charge on any atom is 0.315 e. The number of nitrogens with one attached hydrogen (secondary N) is 2. The Morgan fingerprint density at radius 1 is 1.29 bits per heavy atom. The fraction of sp³-hybridized carbons (Fsp3) is 0.467. The van der Waals surface area contributed by atoms with E-state index >= 15 is 0 Å². The average Bonchev–Trinajstić information content (AvgIpc) is 2.43. The zero-order chi connectivity index (χ0) is 15.7. The Morgan fingerprint density at radius 2 is 1.95 bits per heavy atom. The SMILES string of the molecule is CCSCC(C)NC(=O)NCc1ccccc1CC(=O)O. The van der Waals surface area contributed by atoms with Crippen LogP contribution in [0.1, 0.15) is 25.0 Å². The lowest BCUT2D eigenvalue weighted by atomic mass is 10.0. The van der Waals surface area contributed by atoms with Crippen LogP contribution in [0.25, 0.3) is 0 Å². The van der Waals surface area contributed by atoms with Crippen LogP contribution < -0.4 is 10.6 Å². The van der Waals surface area contributed by atoms with Crippen molar-refractivity contribution in [2.75, 3.05) is 11.5 Å². The number of thioether (sulfide) groups is 1. The van der Waals surface area contributed by atoms with Gasteiger partial charge in [0.25, 0.3) is 0 Å². The molecule has 0 aromatic heterocycles. The highest BCUT2D eigenvalue weighted by molar-refractivity contribution is 7.99. The molecule has 21 heavy (non-hydrogen) atoms. The molecule has 1 unspecified atom stereocenters. The van der Waals surface area contributed by atoms with Gasteiger partial charge in [0, 0.05) is 18.3 Å². The van der Waals surface area contributed by atoms with Crippen molar-refractivity contribution >= 4 is 23.8 Å². The Kier molecular flexibility index (Phi) is 7.68. The first kappa shape index (κ1) is 17.4. The number of carboxylic acid groups (broad SMARTS) is 1. The lowest BCUT2D eigenvalue weighted by molar-refractivity contribution is -0.136. The van der Waals surface area contributed by atoms with Crippen LogP contribution in [0.4, 0.5) is 4.79 Å². The molecule has 0 spiro atoms. The largest absolute Gasteiger partial charge is 0.481 e. The van der Waals surface area contributed by atoms with Crippen molar-refractivity contribution in [3.63, 3.8) is 0 Å². The fourth-order valence-corrected chi connectivity index (χ4v) is 2.52. The van der Waals surface area contributed by atoms with E-state index in [1.807, 2.05) is 19.1 Å². The molecule has 1 rings (SSSR count). The van der Waals surface area contributed by atoms with Gasteiger partial charge in [0.05, 0.1) is 6.42 Å². The summed E-state index contributed by atoms with van der Waals surface area (Å²) in [6, 6.07) is 7.10. The number of rotatable bonds is 8. The van der Waals surface area contributed by atoms with Crippen LogP contribution in [0.5, 0.6) is 0 Å². The Balaban J connectivity index is 2.47. The summed E-state index contributed by atoms with van der Waals surface area (Å²) in [5, 5.41) is 14.5. The predicted octanol–water partition coefficient (Wildman–Crippen LogP) is 2.25. The lowest BCUT2D eigenvalue weighted by Gasteiger charge is -2.15. The predicted molar refractivity (Wildman–Crippen MR) is 85.6 cm³/mol. The summed E-state index contributed by atoms with van der Waals surface area (Å²) in [4.78, 5) is 22.6. The summed E-state index contributed by atoms with van der Waals surface area (Å²) in [7, 11) is 0. The van der Waals surface area contributed by atoms with E-state index in [0.717, 1.165) is 22.6 Å². The van der Waals surface area contributed by atoms with Crippen LogP contribution in [-0.2, 0) is 17.8 Å². The first-order valence-corrected chi connectivity index (χ1v) is 8.09. The van der Waals surface area contributed by atoms with E-state index in [1.54, 1.807) is 23.9 Å². The molecule has 0 aliphatic carbocycles. The molecule has 0 aliphatic rings. The minimum Gasteiger partial charge on any atom is -0.481 e. The highest BCUT2D eigenvalue weighted by Gasteiger charge is 2.09.